The van der Waals surface area contributed by atoms with Crippen LogP contribution in [-0.2, 0) is 4.79 Å². The summed E-state index contributed by atoms with van der Waals surface area (Å²) in [5.74, 6) is 0.830. The SMILES string of the molecule is CN(C(=O)CC1CC1)c1ccc(N)cc1. The zero-order valence-corrected chi connectivity index (χ0v) is 8.94. The van der Waals surface area contributed by atoms with Crippen LogP contribution in [0.3, 0.4) is 0 Å². The number of hydrogen-bond donors (Lipinski definition) is 1. The number of rotatable bonds is 3. The second-order valence-electron chi connectivity index (χ2n) is 4.19. The van der Waals surface area contributed by atoms with E-state index in [4.69, 9.17) is 5.73 Å². The molecule has 0 bridgehead atoms. The number of nitrogens with two attached hydrogens (primary N) is 1. The first-order valence-corrected chi connectivity index (χ1v) is 5.29. The van der Waals surface area contributed by atoms with Gasteiger partial charge in [-0.3, -0.25) is 4.79 Å². The van der Waals surface area contributed by atoms with E-state index in [0.717, 1.165) is 11.4 Å². The predicted molar refractivity (Wildman–Crippen MR) is 61.6 cm³/mol. The first kappa shape index (κ1) is 10.0. The maximum absolute atomic E-state index is 11.8. The van der Waals surface area contributed by atoms with Crippen LogP contribution in [0.25, 0.3) is 0 Å². The first-order valence-electron chi connectivity index (χ1n) is 5.29. The van der Waals surface area contributed by atoms with Crippen molar-refractivity contribution in [3.63, 3.8) is 0 Å². The minimum absolute atomic E-state index is 0.197. The predicted octanol–water partition coefficient (Wildman–Crippen LogP) is 2.03. The summed E-state index contributed by atoms with van der Waals surface area (Å²) in [6.07, 6.45) is 3.10. The van der Waals surface area contributed by atoms with Crippen molar-refractivity contribution in [3.05, 3.63) is 24.3 Å². The summed E-state index contributed by atoms with van der Waals surface area (Å²) in [6, 6.07) is 7.38. The van der Waals surface area contributed by atoms with E-state index in [1.165, 1.54) is 12.8 Å². The highest BCUT2D eigenvalue weighted by atomic mass is 16.2. The summed E-state index contributed by atoms with van der Waals surface area (Å²) in [6.45, 7) is 0. The van der Waals surface area contributed by atoms with Crippen molar-refractivity contribution in [2.24, 2.45) is 5.92 Å². The van der Waals surface area contributed by atoms with E-state index < -0.39 is 0 Å². The standard InChI is InChI=1S/C12H16N2O/c1-14(12(15)8-9-2-3-9)11-6-4-10(13)5-7-11/h4-7,9H,2-3,8,13H2,1H3. The van der Waals surface area contributed by atoms with Crippen molar-refractivity contribution in [1.82, 2.24) is 0 Å². The molecule has 1 aliphatic rings. The van der Waals surface area contributed by atoms with E-state index in [1.54, 1.807) is 4.90 Å². The minimum atomic E-state index is 0.197. The summed E-state index contributed by atoms with van der Waals surface area (Å²) in [7, 11) is 1.82. The molecule has 0 radical (unpaired) electrons. The maximum Gasteiger partial charge on any atom is 0.226 e. The van der Waals surface area contributed by atoms with Gasteiger partial charge in [-0.2, -0.15) is 0 Å². The van der Waals surface area contributed by atoms with Crippen molar-refractivity contribution < 1.29 is 4.79 Å². The van der Waals surface area contributed by atoms with Crippen molar-refractivity contribution in [3.8, 4) is 0 Å². The normalized spacial score (nSPS) is 15.0. The summed E-state index contributed by atoms with van der Waals surface area (Å²) in [5, 5.41) is 0. The molecule has 1 fully saturated rings. The number of nitrogens with zero attached hydrogens (tertiary/aromatic N) is 1. The monoisotopic (exact) mass is 204 g/mol. The molecule has 0 heterocycles. The number of amides is 1. The lowest BCUT2D eigenvalue weighted by atomic mass is 10.2. The molecule has 80 valence electrons. The molecule has 0 atom stereocenters. The molecule has 0 unspecified atom stereocenters. The molecule has 2 N–H and O–H groups in total. The van der Waals surface area contributed by atoms with E-state index in [9.17, 15) is 4.79 Å². The van der Waals surface area contributed by atoms with Gasteiger partial charge in [-0.05, 0) is 43.0 Å². The Kier molecular flexibility index (Phi) is 2.62. The number of hydrogen-bond acceptors (Lipinski definition) is 2. The first-order chi connectivity index (χ1) is 7.16. The van der Waals surface area contributed by atoms with Crippen LogP contribution in [0.4, 0.5) is 11.4 Å². The molecule has 0 saturated heterocycles. The van der Waals surface area contributed by atoms with Gasteiger partial charge < -0.3 is 10.6 Å². The van der Waals surface area contributed by atoms with Gasteiger partial charge in [0, 0.05) is 24.8 Å². The van der Waals surface area contributed by atoms with E-state index >= 15 is 0 Å². The lowest BCUT2D eigenvalue weighted by molar-refractivity contribution is -0.118. The summed E-state index contributed by atoms with van der Waals surface area (Å²) in [4.78, 5) is 13.5. The quantitative estimate of drug-likeness (QED) is 0.766. The molecular formula is C12H16N2O. The number of carbonyl (C=O) groups is 1. The van der Waals surface area contributed by atoms with Gasteiger partial charge in [-0.1, -0.05) is 0 Å². The summed E-state index contributed by atoms with van der Waals surface area (Å²) >= 11 is 0. The third-order valence-corrected chi connectivity index (χ3v) is 2.81. The van der Waals surface area contributed by atoms with Gasteiger partial charge in [-0.25, -0.2) is 0 Å². The van der Waals surface area contributed by atoms with Crippen molar-refractivity contribution in [2.45, 2.75) is 19.3 Å². The van der Waals surface area contributed by atoms with Gasteiger partial charge in [0.1, 0.15) is 0 Å². The molecule has 0 aromatic heterocycles. The third-order valence-electron chi connectivity index (χ3n) is 2.81. The van der Waals surface area contributed by atoms with Gasteiger partial charge in [-0.15, -0.1) is 0 Å². The molecule has 0 aliphatic heterocycles. The molecule has 1 aliphatic carbocycles. The number of carbonyl (C=O) groups excluding carboxylic acids is 1. The van der Waals surface area contributed by atoms with Crippen molar-refractivity contribution in [1.29, 1.82) is 0 Å². The Morgan fingerprint density at radius 3 is 2.53 bits per heavy atom. The highest BCUT2D eigenvalue weighted by Gasteiger charge is 2.26. The Morgan fingerprint density at radius 1 is 1.40 bits per heavy atom. The lowest BCUT2D eigenvalue weighted by Crippen LogP contribution is -2.26. The minimum Gasteiger partial charge on any atom is -0.399 e. The molecule has 3 heteroatoms. The van der Waals surface area contributed by atoms with Crippen LogP contribution in [-0.4, -0.2) is 13.0 Å². The van der Waals surface area contributed by atoms with E-state index in [2.05, 4.69) is 0 Å². The zero-order valence-electron chi connectivity index (χ0n) is 8.94. The Labute approximate surface area is 89.9 Å². The summed E-state index contributed by atoms with van der Waals surface area (Å²) in [5.41, 5.74) is 7.23. The molecule has 2 rings (SSSR count). The third kappa shape index (κ3) is 2.49. The van der Waals surface area contributed by atoms with E-state index in [-0.39, 0.29) is 5.91 Å². The maximum atomic E-state index is 11.8. The van der Waals surface area contributed by atoms with Crippen molar-refractivity contribution >= 4 is 17.3 Å². The van der Waals surface area contributed by atoms with Crippen LogP contribution in [0.1, 0.15) is 19.3 Å². The number of anilines is 2. The largest absolute Gasteiger partial charge is 0.399 e. The number of nitrogen functional groups attached to an aromatic ring is 1. The highest BCUT2D eigenvalue weighted by Crippen LogP contribution is 2.33. The number of benzene rings is 1. The van der Waals surface area contributed by atoms with Crippen LogP contribution in [0.5, 0.6) is 0 Å². The summed E-state index contributed by atoms with van der Waals surface area (Å²) < 4.78 is 0. The van der Waals surface area contributed by atoms with Crippen LogP contribution < -0.4 is 10.6 Å². The Bertz CT molecular complexity index is 354. The average molecular weight is 204 g/mol. The molecule has 0 spiro atoms. The Morgan fingerprint density at radius 2 is 2.00 bits per heavy atom. The lowest BCUT2D eigenvalue weighted by Gasteiger charge is -2.17. The molecule has 1 saturated carbocycles. The van der Waals surface area contributed by atoms with Crippen molar-refractivity contribution in [2.75, 3.05) is 17.7 Å². The van der Waals surface area contributed by atoms with Gasteiger partial charge in [0.25, 0.3) is 0 Å². The van der Waals surface area contributed by atoms with E-state index in [1.807, 2.05) is 31.3 Å². The molecule has 1 aromatic carbocycles. The van der Waals surface area contributed by atoms with Gasteiger partial charge in [0.2, 0.25) is 5.91 Å². The molecular weight excluding hydrogens is 188 g/mol. The topological polar surface area (TPSA) is 46.3 Å². The van der Waals surface area contributed by atoms with Crippen LogP contribution in [0, 0.1) is 5.92 Å². The Hall–Kier alpha value is -1.51. The second kappa shape index (κ2) is 3.93. The molecule has 1 amide bonds. The fourth-order valence-corrected chi connectivity index (χ4v) is 1.55. The fourth-order valence-electron chi connectivity index (χ4n) is 1.55. The molecule has 15 heavy (non-hydrogen) atoms. The Balaban J connectivity index is 2.02. The van der Waals surface area contributed by atoms with Gasteiger partial charge in [0.15, 0.2) is 0 Å². The molecule has 1 aromatic rings. The van der Waals surface area contributed by atoms with Gasteiger partial charge in [0.05, 0.1) is 0 Å². The highest BCUT2D eigenvalue weighted by molar-refractivity contribution is 5.93. The van der Waals surface area contributed by atoms with Crippen LogP contribution in [0.15, 0.2) is 24.3 Å². The smallest absolute Gasteiger partial charge is 0.226 e. The molecule has 3 nitrogen and oxygen atoms in total. The fraction of sp³-hybridized carbons (Fsp3) is 0.417. The van der Waals surface area contributed by atoms with Crippen LogP contribution in [0.2, 0.25) is 0 Å². The average Bonchev–Trinajstić information content (AvgIpc) is 3.02. The van der Waals surface area contributed by atoms with E-state index in [0.29, 0.717) is 12.3 Å². The zero-order chi connectivity index (χ0) is 10.8. The van der Waals surface area contributed by atoms with Gasteiger partial charge >= 0.3 is 0 Å². The second-order valence-corrected chi connectivity index (χ2v) is 4.19. The van der Waals surface area contributed by atoms with Crippen LogP contribution >= 0.6 is 0 Å².